The van der Waals surface area contributed by atoms with Gasteiger partial charge in [-0.1, -0.05) is 24.6 Å². The van der Waals surface area contributed by atoms with Crippen molar-refractivity contribution in [1.82, 2.24) is 5.32 Å². The standard InChI is InChI=1S/C11H20N2OS2/c1-9(7-16(2)14)12-10-13-11(8-15-10)5-3-4-6-11/h9H,3-8H2,1-2H3,(H,12,13). The summed E-state index contributed by atoms with van der Waals surface area (Å²) in [5, 5.41) is 4.65. The molecule has 2 fully saturated rings. The van der Waals surface area contributed by atoms with E-state index < -0.39 is 10.8 Å². The Morgan fingerprint density at radius 2 is 2.25 bits per heavy atom. The number of nitrogens with zero attached hydrogens (tertiary/aromatic N) is 1. The van der Waals surface area contributed by atoms with E-state index >= 15 is 0 Å². The van der Waals surface area contributed by atoms with Crippen LogP contribution in [0.5, 0.6) is 0 Å². The maximum Gasteiger partial charge on any atom is 0.157 e. The van der Waals surface area contributed by atoms with Crippen LogP contribution in [0.1, 0.15) is 32.6 Å². The summed E-state index contributed by atoms with van der Waals surface area (Å²) in [4.78, 5) is 4.61. The first-order valence-corrected chi connectivity index (χ1v) is 8.60. The van der Waals surface area contributed by atoms with Gasteiger partial charge in [-0.05, 0) is 19.8 Å². The third kappa shape index (κ3) is 3.00. The molecule has 0 bridgehead atoms. The Balaban J connectivity index is 1.92. The SMILES string of the molecule is CC(CS(C)=O)N=C1NC2(CCCC2)CS1. The molecule has 1 saturated heterocycles. The number of nitrogens with one attached hydrogen (secondary N) is 1. The topological polar surface area (TPSA) is 41.5 Å². The number of aliphatic imine (C=N–C) groups is 1. The largest absolute Gasteiger partial charge is 0.359 e. The van der Waals surface area contributed by atoms with Crippen LogP contribution in [0.4, 0.5) is 0 Å². The van der Waals surface area contributed by atoms with Gasteiger partial charge in [0.05, 0.1) is 6.04 Å². The first kappa shape index (κ1) is 12.4. The first-order chi connectivity index (χ1) is 7.60. The van der Waals surface area contributed by atoms with Gasteiger partial charge in [-0.3, -0.25) is 9.20 Å². The van der Waals surface area contributed by atoms with E-state index in [4.69, 9.17) is 0 Å². The highest BCUT2D eigenvalue weighted by molar-refractivity contribution is 8.14. The number of amidine groups is 1. The Labute approximate surface area is 104 Å². The Morgan fingerprint density at radius 1 is 1.56 bits per heavy atom. The van der Waals surface area contributed by atoms with E-state index in [1.165, 1.54) is 25.7 Å². The van der Waals surface area contributed by atoms with E-state index in [1.54, 1.807) is 6.26 Å². The smallest absolute Gasteiger partial charge is 0.157 e. The lowest BCUT2D eigenvalue weighted by molar-refractivity contribution is 0.452. The molecule has 92 valence electrons. The van der Waals surface area contributed by atoms with Gasteiger partial charge in [-0.15, -0.1) is 0 Å². The van der Waals surface area contributed by atoms with Crippen LogP contribution in [-0.2, 0) is 10.8 Å². The van der Waals surface area contributed by atoms with Crippen LogP contribution in [0.15, 0.2) is 4.99 Å². The van der Waals surface area contributed by atoms with Gasteiger partial charge in [0.15, 0.2) is 5.17 Å². The fraction of sp³-hybridized carbons (Fsp3) is 0.909. The van der Waals surface area contributed by atoms with E-state index in [1.807, 2.05) is 18.7 Å². The van der Waals surface area contributed by atoms with Gasteiger partial charge in [0.25, 0.3) is 0 Å². The van der Waals surface area contributed by atoms with Crippen molar-refractivity contribution in [2.75, 3.05) is 17.8 Å². The predicted molar refractivity (Wildman–Crippen MR) is 72.6 cm³/mol. The van der Waals surface area contributed by atoms with Gasteiger partial charge < -0.3 is 5.32 Å². The molecule has 0 amide bonds. The van der Waals surface area contributed by atoms with Crippen molar-refractivity contribution in [2.24, 2.45) is 4.99 Å². The van der Waals surface area contributed by atoms with Crippen molar-refractivity contribution in [3.05, 3.63) is 0 Å². The molecule has 1 aliphatic carbocycles. The molecule has 1 spiro atoms. The third-order valence-electron chi connectivity index (χ3n) is 3.23. The normalized spacial score (nSPS) is 29.5. The minimum absolute atomic E-state index is 0.164. The molecule has 5 heteroatoms. The molecular weight excluding hydrogens is 240 g/mol. The van der Waals surface area contributed by atoms with E-state index in [0.29, 0.717) is 11.3 Å². The third-order valence-corrected chi connectivity index (χ3v) is 5.36. The number of rotatable bonds is 3. The van der Waals surface area contributed by atoms with Gasteiger partial charge in [-0.25, -0.2) is 0 Å². The second-order valence-electron chi connectivity index (χ2n) is 4.92. The van der Waals surface area contributed by atoms with Crippen molar-refractivity contribution in [3.8, 4) is 0 Å². The summed E-state index contributed by atoms with van der Waals surface area (Å²) in [6, 6.07) is 0.164. The summed E-state index contributed by atoms with van der Waals surface area (Å²) in [6.45, 7) is 2.04. The lowest BCUT2D eigenvalue weighted by Gasteiger charge is -2.22. The van der Waals surface area contributed by atoms with Crippen molar-refractivity contribution in [1.29, 1.82) is 0 Å². The second kappa shape index (κ2) is 5.08. The van der Waals surface area contributed by atoms with E-state index in [0.717, 1.165) is 10.9 Å². The Kier molecular flexibility index (Phi) is 3.95. The maximum atomic E-state index is 11.1. The van der Waals surface area contributed by atoms with Crippen LogP contribution in [0, 0.1) is 0 Å². The van der Waals surface area contributed by atoms with Crippen LogP contribution >= 0.6 is 11.8 Å². The Morgan fingerprint density at radius 3 is 2.88 bits per heavy atom. The summed E-state index contributed by atoms with van der Waals surface area (Å²) in [5.41, 5.74) is 0.342. The molecule has 2 unspecified atom stereocenters. The van der Waals surface area contributed by atoms with Gasteiger partial charge in [0, 0.05) is 34.1 Å². The summed E-state index contributed by atoms with van der Waals surface area (Å²) in [5.74, 6) is 1.83. The maximum absolute atomic E-state index is 11.1. The van der Waals surface area contributed by atoms with Crippen molar-refractivity contribution >= 4 is 27.7 Å². The first-order valence-electron chi connectivity index (χ1n) is 5.88. The quantitative estimate of drug-likeness (QED) is 0.840. The zero-order valence-electron chi connectivity index (χ0n) is 9.99. The minimum Gasteiger partial charge on any atom is -0.359 e. The van der Waals surface area contributed by atoms with Gasteiger partial charge >= 0.3 is 0 Å². The molecule has 16 heavy (non-hydrogen) atoms. The van der Waals surface area contributed by atoms with Gasteiger partial charge in [0.2, 0.25) is 0 Å². The monoisotopic (exact) mass is 260 g/mol. The summed E-state index contributed by atoms with van der Waals surface area (Å²) >= 11 is 1.83. The van der Waals surface area contributed by atoms with Crippen LogP contribution in [0.2, 0.25) is 0 Å². The summed E-state index contributed by atoms with van der Waals surface area (Å²) in [6.07, 6.45) is 7.00. The highest BCUT2D eigenvalue weighted by Gasteiger charge is 2.39. The lowest BCUT2D eigenvalue weighted by Crippen LogP contribution is -2.41. The zero-order chi connectivity index (χ0) is 11.6. The molecule has 1 N–H and O–H groups in total. The fourth-order valence-electron chi connectivity index (χ4n) is 2.47. The molecule has 0 aromatic carbocycles. The zero-order valence-corrected chi connectivity index (χ0v) is 11.6. The molecule has 2 aliphatic rings. The molecule has 2 rings (SSSR count). The van der Waals surface area contributed by atoms with Crippen LogP contribution < -0.4 is 5.32 Å². The van der Waals surface area contributed by atoms with E-state index in [9.17, 15) is 4.21 Å². The number of hydrogen-bond donors (Lipinski definition) is 1. The van der Waals surface area contributed by atoms with Crippen molar-refractivity contribution in [3.63, 3.8) is 0 Å². The average Bonchev–Trinajstić information content (AvgIpc) is 2.76. The van der Waals surface area contributed by atoms with Crippen molar-refractivity contribution in [2.45, 2.75) is 44.2 Å². The van der Waals surface area contributed by atoms with E-state index in [-0.39, 0.29) is 6.04 Å². The summed E-state index contributed by atoms with van der Waals surface area (Å²) < 4.78 is 11.1. The Bertz CT molecular complexity index is 311. The summed E-state index contributed by atoms with van der Waals surface area (Å²) in [7, 11) is -0.750. The highest BCUT2D eigenvalue weighted by Crippen LogP contribution is 2.37. The molecule has 0 radical (unpaired) electrons. The van der Waals surface area contributed by atoms with Gasteiger partial charge in [0.1, 0.15) is 0 Å². The fourth-order valence-corrected chi connectivity index (χ4v) is 4.54. The minimum atomic E-state index is -0.750. The van der Waals surface area contributed by atoms with Crippen LogP contribution in [0.25, 0.3) is 0 Å². The second-order valence-corrected chi connectivity index (χ2v) is 7.37. The molecule has 0 aromatic rings. The number of thioether (sulfide) groups is 1. The Hall–Kier alpha value is -0.0300. The van der Waals surface area contributed by atoms with Crippen molar-refractivity contribution < 1.29 is 4.21 Å². The van der Waals surface area contributed by atoms with Gasteiger partial charge in [-0.2, -0.15) is 0 Å². The average molecular weight is 260 g/mol. The van der Waals surface area contributed by atoms with Crippen LogP contribution in [-0.4, -0.2) is 38.7 Å². The van der Waals surface area contributed by atoms with E-state index in [2.05, 4.69) is 10.3 Å². The molecule has 1 aliphatic heterocycles. The highest BCUT2D eigenvalue weighted by atomic mass is 32.2. The molecule has 0 aromatic heterocycles. The lowest BCUT2D eigenvalue weighted by atomic mass is 10.0. The molecule has 3 nitrogen and oxygen atoms in total. The van der Waals surface area contributed by atoms with Crippen LogP contribution in [0.3, 0.4) is 0 Å². The molecule has 1 saturated carbocycles. The number of hydrogen-bond acceptors (Lipinski definition) is 3. The molecular formula is C11H20N2OS2. The predicted octanol–water partition coefficient (Wildman–Crippen LogP) is 1.76. The molecule has 1 heterocycles. The molecule has 2 atom stereocenters.